The molecule has 6 aromatic rings. The molecule has 54 heavy (non-hydrogen) atoms. The Labute approximate surface area is 327 Å². The van der Waals surface area contributed by atoms with E-state index in [1.807, 2.05) is 82.3 Å². The van der Waals surface area contributed by atoms with Crippen LogP contribution in [0.1, 0.15) is 67.4 Å². The molecule has 0 saturated carbocycles. The summed E-state index contributed by atoms with van der Waals surface area (Å²) < 4.78 is 0. The molecule has 0 atom stereocenters. The third-order valence-electron chi connectivity index (χ3n) is 8.50. The van der Waals surface area contributed by atoms with E-state index in [1.165, 1.54) is 16.7 Å². The molecule has 2 nitrogen and oxygen atoms in total. The molecule has 0 saturated heterocycles. The molecule has 0 aliphatic rings. The van der Waals surface area contributed by atoms with Gasteiger partial charge in [0, 0.05) is 27.0 Å². The molecule has 0 radical (unpaired) electrons. The third-order valence-corrected chi connectivity index (χ3v) is 9.60. The first kappa shape index (κ1) is 40.6. The molecule has 270 valence electrons. The minimum Gasteiger partial charge on any atom is -0.227 e. The van der Waals surface area contributed by atoms with Crippen molar-refractivity contribution in [2.24, 2.45) is 0 Å². The molecular formula is C51H50N2S. The number of allylic oxidation sites excluding steroid dienone is 9. The van der Waals surface area contributed by atoms with Crippen LogP contribution in [0, 0.1) is 0 Å². The van der Waals surface area contributed by atoms with Crippen LogP contribution in [0.3, 0.4) is 0 Å². The standard InChI is InChI=1S/C32H28N2S.C17H16.C2H6/c1-7-13-22(9-3)30-29-27(14-8-2)28(10-4)35-32(29)34-31(33-30)26-18-12-17-25(20-26)24-16-11-15-23(19-24)21(5)6;1-14(16-9-5-3-6-10-16)13-15(2)17-11-7-4-8-12-17;1-2/h7-20H,1,3-5H2,2,6H3;3-13H,1H2,2H3;1-2H3/b14-8-,22-13+;15-13+;. The van der Waals surface area contributed by atoms with Crippen LogP contribution in [-0.4, -0.2) is 9.97 Å². The predicted octanol–water partition coefficient (Wildman–Crippen LogP) is 15.3. The fraction of sp³-hybridized carbons (Fsp3) is 0.0980. The van der Waals surface area contributed by atoms with Crippen LogP contribution in [0.4, 0.5) is 0 Å². The number of nitrogens with zero attached hydrogens (tertiary/aromatic N) is 2. The van der Waals surface area contributed by atoms with Crippen LogP contribution in [0.25, 0.3) is 67.2 Å². The molecule has 2 aromatic heterocycles. The van der Waals surface area contributed by atoms with Crippen molar-refractivity contribution in [1.29, 1.82) is 0 Å². The zero-order valence-electron chi connectivity index (χ0n) is 32.3. The van der Waals surface area contributed by atoms with Crippen molar-refractivity contribution >= 4 is 56.0 Å². The van der Waals surface area contributed by atoms with Crippen LogP contribution < -0.4 is 0 Å². The van der Waals surface area contributed by atoms with Crippen LogP contribution in [0.5, 0.6) is 0 Å². The van der Waals surface area contributed by atoms with Gasteiger partial charge in [0.05, 0.1) is 5.69 Å². The summed E-state index contributed by atoms with van der Waals surface area (Å²) in [4.78, 5) is 12.0. The van der Waals surface area contributed by atoms with E-state index in [-0.39, 0.29) is 0 Å². The Hall–Kier alpha value is -6.16. The Morgan fingerprint density at radius 1 is 0.685 bits per heavy atom. The Morgan fingerprint density at radius 2 is 1.28 bits per heavy atom. The fourth-order valence-electron chi connectivity index (χ4n) is 5.81. The van der Waals surface area contributed by atoms with Crippen LogP contribution in [0.15, 0.2) is 172 Å². The predicted molar refractivity (Wildman–Crippen MR) is 243 cm³/mol. The van der Waals surface area contributed by atoms with Gasteiger partial charge in [0.1, 0.15) is 4.83 Å². The van der Waals surface area contributed by atoms with Crippen LogP contribution >= 0.6 is 11.3 Å². The first-order valence-electron chi connectivity index (χ1n) is 18.2. The molecule has 0 spiro atoms. The maximum absolute atomic E-state index is 5.06. The van der Waals surface area contributed by atoms with Crippen molar-refractivity contribution in [2.45, 2.75) is 34.6 Å². The Balaban J connectivity index is 0.000000286. The fourth-order valence-corrected chi connectivity index (χ4v) is 6.83. The Morgan fingerprint density at radius 3 is 1.87 bits per heavy atom. The number of hydrogen-bond acceptors (Lipinski definition) is 3. The van der Waals surface area contributed by atoms with Gasteiger partial charge in [-0.05, 0) is 71.9 Å². The Kier molecular flexibility index (Phi) is 15.2. The SMILES string of the molecule is C=C(/C=C(\C)c1ccccc1)c1ccccc1.C=C/C=C(\C=C)c1nc(-c2cccc(-c3cccc(C(=C)C)c3)c2)nc2sc(C=C)c(/C=C\C)c12.CC. The van der Waals surface area contributed by atoms with Gasteiger partial charge in [0.25, 0.3) is 0 Å². The second kappa shape index (κ2) is 20.2. The minimum absolute atomic E-state index is 0.672. The Bertz CT molecular complexity index is 2350. The lowest BCUT2D eigenvalue weighted by atomic mass is 9.98. The molecule has 0 N–H and O–H groups in total. The maximum atomic E-state index is 5.06. The van der Waals surface area contributed by atoms with E-state index < -0.39 is 0 Å². The number of benzene rings is 4. The van der Waals surface area contributed by atoms with Crippen molar-refractivity contribution in [2.75, 3.05) is 0 Å². The number of rotatable bonds is 11. The summed E-state index contributed by atoms with van der Waals surface area (Å²) >= 11 is 1.62. The largest absolute Gasteiger partial charge is 0.227 e. The number of fused-ring (bicyclic) bond motifs is 1. The van der Waals surface area contributed by atoms with Gasteiger partial charge in [0.2, 0.25) is 0 Å². The lowest BCUT2D eigenvalue weighted by Crippen LogP contribution is -1.97. The van der Waals surface area contributed by atoms with E-state index >= 15 is 0 Å². The lowest BCUT2D eigenvalue weighted by Gasteiger charge is -2.10. The maximum Gasteiger partial charge on any atom is 0.161 e. The van der Waals surface area contributed by atoms with E-state index in [4.69, 9.17) is 9.97 Å². The second-order valence-corrected chi connectivity index (χ2v) is 13.3. The van der Waals surface area contributed by atoms with E-state index in [2.05, 4.69) is 131 Å². The first-order valence-corrected chi connectivity index (χ1v) is 19.0. The minimum atomic E-state index is 0.672. The van der Waals surface area contributed by atoms with Crippen molar-refractivity contribution in [3.8, 4) is 22.5 Å². The molecule has 0 unspecified atom stereocenters. The normalized spacial score (nSPS) is 11.2. The van der Waals surface area contributed by atoms with E-state index in [0.29, 0.717) is 5.82 Å². The van der Waals surface area contributed by atoms with Crippen molar-refractivity contribution in [3.63, 3.8) is 0 Å². The number of hydrogen-bond donors (Lipinski definition) is 0. The van der Waals surface area contributed by atoms with Crippen LogP contribution in [0.2, 0.25) is 0 Å². The molecule has 0 aliphatic heterocycles. The lowest BCUT2D eigenvalue weighted by molar-refractivity contribution is 1.21. The summed E-state index contributed by atoms with van der Waals surface area (Å²) in [5.41, 5.74) is 12.9. The second-order valence-electron chi connectivity index (χ2n) is 12.2. The van der Waals surface area contributed by atoms with E-state index in [0.717, 1.165) is 65.3 Å². The highest BCUT2D eigenvalue weighted by atomic mass is 32.1. The van der Waals surface area contributed by atoms with Crippen molar-refractivity contribution in [3.05, 3.63) is 205 Å². The highest BCUT2D eigenvalue weighted by Crippen LogP contribution is 2.38. The van der Waals surface area contributed by atoms with Crippen LogP contribution in [-0.2, 0) is 0 Å². The molecule has 6 rings (SSSR count). The monoisotopic (exact) mass is 722 g/mol. The van der Waals surface area contributed by atoms with Crippen molar-refractivity contribution < 1.29 is 0 Å². The number of thiophene rings is 1. The van der Waals surface area contributed by atoms with Crippen molar-refractivity contribution in [1.82, 2.24) is 9.97 Å². The molecule has 0 aliphatic carbocycles. The average molecular weight is 723 g/mol. The van der Waals surface area contributed by atoms with E-state index in [1.54, 1.807) is 17.4 Å². The van der Waals surface area contributed by atoms with Gasteiger partial charge in [-0.2, -0.15) is 0 Å². The van der Waals surface area contributed by atoms with Gasteiger partial charge in [0.15, 0.2) is 5.82 Å². The molecule has 0 bridgehead atoms. The molecule has 2 heterocycles. The smallest absolute Gasteiger partial charge is 0.161 e. The van der Waals surface area contributed by atoms with Gasteiger partial charge < -0.3 is 0 Å². The molecule has 0 fully saturated rings. The zero-order chi connectivity index (χ0) is 39.0. The molecule has 0 amide bonds. The average Bonchev–Trinajstić information content (AvgIpc) is 3.58. The summed E-state index contributed by atoms with van der Waals surface area (Å²) in [7, 11) is 0. The van der Waals surface area contributed by atoms with E-state index in [9.17, 15) is 0 Å². The molecular weight excluding hydrogens is 673 g/mol. The topological polar surface area (TPSA) is 25.8 Å². The molecule has 4 aromatic carbocycles. The quantitative estimate of drug-likeness (QED) is 0.124. The first-order chi connectivity index (χ1) is 26.3. The number of aromatic nitrogens is 2. The van der Waals surface area contributed by atoms with Gasteiger partial charge in [-0.1, -0.05) is 192 Å². The third kappa shape index (κ3) is 10.0. The summed E-state index contributed by atoms with van der Waals surface area (Å²) in [6.45, 7) is 30.3. The summed E-state index contributed by atoms with van der Waals surface area (Å²) in [6, 6.07) is 37.4. The van der Waals surface area contributed by atoms with Gasteiger partial charge in [-0.3, -0.25) is 0 Å². The zero-order valence-corrected chi connectivity index (χ0v) is 33.1. The summed E-state index contributed by atoms with van der Waals surface area (Å²) in [6.07, 6.45) is 13.6. The van der Waals surface area contributed by atoms with Gasteiger partial charge in [-0.15, -0.1) is 11.3 Å². The van der Waals surface area contributed by atoms with Gasteiger partial charge in [-0.25, -0.2) is 9.97 Å². The van der Waals surface area contributed by atoms with Gasteiger partial charge >= 0.3 is 0 Å². The highest BCUT2D eigenvalue weighted by Gasteiger charge is 2.19. The highest BCUT2D eigenvalue weighted by molar-refractivity contribution is 7.19. The summed E-state index contributed by atoms with van der Waals surface area (Å²) in [5.74, 6) is 0.672. The summed E-state index contributed by atoms with van der Waals surface area (Å²) in [5, 5.41) is 1.00. The molecule has 3 heteroatoms.